The molecule has 2 aromatic carbocycles. The van der Waals surface area contributed by atoms with E-state index in [1.807, 2.05) is 0 Å². The number of alkyl halides is 6. The minimum Gasteiger partial charge on any atom is -0.335 e. The van der Waals surface area contributed by atoms with E-state index in [1.165, 1.54) is 4.90 Å². The molecule has 160 valence electrons. The lowest BCUT2D eigenvalue weighted by atomic mass is 10.0. The van der Waals surface area contributed by atoms with Crippen molar-refractivity contribution in [2.24, 2.45) is 0 Å². The summed E-state index contributed by atoms with van der Waals surface area (Å²) >= 11 is 0. The number of rotatable bonds is 2. The molecule has 1 saturated heterocycles. The monoisotopic (exact) mass is 430 g/mol. The van der Waals surface area contributed by atoms with Crippen molar-refractivity contribution < 1.29 is 35.9 Å². The van der Waals surface area contributed by atoms with Crippen molar-refractivity contribution in [3.05, 3.63) is 70.8 Å². The molecule has 0 atom stereocenters. The van der Waals surface area contributed by atoms with Gasteiger partial charge in [-0.1, -0.05) is 18.2 Å². The molecule has 0 spiro atoms. The molecule has 30 heavy (non-hydrogen) atoms. The van der Waals surface area contributed by atoms with Crippen molar-refractivity contribution in [2.45, 2.75) is 12.4 Å². The van der Waals surface area contributed by atoms with Gasteiger partial charge in [-0.25, -0.2) is 0 Å². The summed E-state index contributed by atoms with van der Waals surface area (Å²) in [6.07, 6.45) is -10.1. The number of nitrogens with zero attached hydrogens (tertiary/aromatic N) is 2. The second-order valence-corrected chi connectivity index (χ2v) is 6.74. The van der Waals surface area contributed by atoms with E-state index in [2.05, 4.69) is 0 Å². The summed E-state index contributed by atoms with van der Waals surface area (Å²) in [7, 11) is 0. The van der Waals surface area contributed by atoms with Gasteiger partial charge in [-0.2, -0.15) is 26.3 Å². The van der Waals surface area contributed by atoms with E-state index in [9.17, 15) is 35.9 Å². The molecule has 1 aliphatic heterocycles. The van der Waals surface area contributed by atoms with Crippen LogP contribution in [-0.2, 0) is 12.4 Å². The van der Waals surface area contributed by atoms with Crippen LogP contribution >= 0.6 is 0 Å². The third-order valence-corrected chi connectivity index (χ3v) is 4.71. The van der Waals surface area contributed by atoms with Gasteiger partial charge in [0.1, 0.15) is 0 Å². The third-order valence-electron chi connectivity index (χ3n) is 4.71. The highest BCUT2D eigenvalue weighted by Crippen LogP contribution is 2.36. The Morgan fingerprint density at radius 2 is 1.03 bits per heavy atom. The van der Waals surface area contributed by atoms with Crippen LogP contribution in [0.3, 0.4) is 0 Å². The normalized spacial score (nSPS) is 15.3. The predicted octanol–water partition coefficient (Wildman–Crippen LogP) is 4.32. The highest BCUT2D eigenvalue weighted by atomic mass is 19.4. The van der Waals surface area contributed by atoms with Gasteiger partial charge in [0.25, 0.3) is 11.8 Å². The van der Waals surface area contributed by atoms with Crippen LogP contribution in [0.2, 0.25) is 0 Å². The van der Waals surface area contributed by atoms with Crippen molar-refractivity contribution in [3.8, 4) is 0 Å². The number of piperazine rings is 1. The Morgan fingerprint density at radius 1 is 0.633 bits per heavy atom. The Balaban J connectivity index is 1.77. The second kappa shape index (κ2) is 8.00. The first-order chi connectivity index (χ1) is 14.0. The van der Waals surface area contributed by atoms with Gasteiger partial charge < -0.3 is 9.80 Å². The number of amides is 2. The fourth-order valence-electron chi connectivity index (χ4n) is 3.14. The number of halogens is 6. The number of carbonyl (C=O) groups excluding carboxylic acids is 2. The standard InChI is InChI=1S/C20H16F6N2O2/c21-19(22,23)15-10-14(11-16(12-15)20(24,25)26)18(30)28-8-6-27(7-9-28)17(29)13-4-2-1-3-5-13/h1-5,10-12H,6-9H2. The molecule has 3 rings (SSSR count). The molecule has 0 aliphatic carbocycles. The molecule has 1 heterocycles. The first-order valence-corrected chi connectivity index (χ1v) is 8.90. The number of hydrogen-bond donors (Lipinski definition) is 0. The Labute approximate surface area is 167 Å². The topological polar surface area (TPSA) is 40.6 Å². The van der Waals surface area contributed by atoms with E-state index in [-0.39, 0.29) is 38.2 Å². The molecular formula is C20H16F6N2O2. The molecule has 0 aromatic heterocycles. The van der Waals surface area contributed by atoms with Gasteiger partial charge in [-0.3, -0.25) is 9.59 Å². The van der Waals surface area contributed by atoms with Crippen molar-refractivity contribution in [3.63, 3.8) is 0 Å². The lowest BCUT2D eigenvalue weighted by Gasteiger charge is -2.35. The average Bonchev–Trinajstić information content (AvgIpc) is 2.72. The van der Waals surface area contributed by atoms with E-state index in [0.717, 1.165) is 4.90 Å². The summed E-state index contributed by atoms with van der Waals surface area (Å²) in [4.78, 5) is 27.6. The predicted molar refractivity (Wildman–Crippen MR) is 94.7 cm³/mol. The molecule has 0 unspecified atom stereocenters. The molecule has 2 amide bonds. The van der Waals surface area contributed by atoms with Crippen LogP contribution in [-0.4, -0.2) is 47.8 Å². The molecular weight excluding hydrogens is 414 g/mol. The van der Waals surface area contributed by atoms with Gasteiger partial charge in [-0.05, 0) is 30.3 Å². The zero-order chi connectivity index (χ0) is 22.1. The van der Waals surface area contributed by atoms with Crippen LogP contribution in [0.15, 0.2) is 48.5 Å². The molecule has 2 aromatic rings. The summed E-state index contributed by atoms with van der Waals surface area (Å²) in [5, 5.41) is 0. The molecule has 10 heteroatoms. The molecule has 0 bridgehead atoms. The lowest BCUT2D eigenvalue weighted by molar-refractivity contribution is -0.143. The van der Waals surface area contributed by atoms with Crippen LogP contribution in [0.25, 0.3) is 0 Å². The number of carbonyl (C=O) groups is 2. The largest absolute Gasteiger partial charge is 0.416 e. The SMILES string of the molecule is O=C(c1ccccc1)N1CCN(C(=O)c2cc(C(F)(F)F)cc(C(F)(F)F)c2)CC1. The average molecular weight is 430 g/mol. The van der Waals surface area contributed by atoms with Gasteiger partial charge in [0.05, 0.1) is 11.1 Å². The maximum absolute atomic E-state index is 13.0. The van der Waals surface area contributed by atoms with Gasteiger partial charge in [0.15, 0.2) is 0 Å². The molecule has 0 N–H and O–H groups in total. The van der Waals surface area contributed by atoms with Crippen LogP contribution < -0.4 is 0 Å². The zero-order valence-electron chi connectivity index (χ0n) is 15.4. The highest BCUT2D eigenvalue weighted by molar-refractivity contribution is 5.96. The zero-order valence-corrected chi connectivity index (χ0v) is 15.4. The van der Waals surface area contributed by atoms with Crippen molar-refractivity contribution in [1.82, 2.24) is 9.80 Å². The summed E-state index contributed by atoms with van der Waals surface area (Å²) in [6.45, 7) is 0.221. The number of hydrogen-bond acceptors (Lipinski definition) is 2. The Morgan fingerprint density at radius 3 is 1.43 bits per heavy atom. The van der Waals surface area contributed by atoms with Crippen LogP contribution in [0.4, 0.5) is 26.3 Å². The molecule has 4 nitrogen and oxygen atoms in total. The van der Waals surface area contributed by atoms with E-state index in [4.69, 9.17) is 0 Å². The van der Waals surface area contributed by atoms with Gasteiger partial charge >= 0.3 is 12.4 Å². The van der Waals surface area contributed by atoms with E-state index in [0.29, 0.717) is 17.7 Å². The quantitative estimate of drug-likeness (QED) is 0.666. The molecule has 1 fully saturated rings. The summed E-state index contributed by atoms with van der Waals surface area (Å²) in [5.41, 5.74) is -3.33. The molecule has 0 radical (unpaired) electrons. The first kappa shape index (κ1) is 21.7. The van der Waals surface area contributed by atoms with Gasteiger partial charge in [0.2, 0.25) is 0 Å². The smallest absolute Gasteiger partial charge is 0.335 e. The minimum absolute atomic E-state index is 0.00496. The lowest BCUT2D eigenvalue weighted by Crippen LogP contribution is -2.50. The second-order valence-electron chi connectivity index (χ2n) is 6.74. The minimum atomic E-state index is -5.03. The Hall–Kier alpha value is -3.04. The van der Waals surface area contributed by atoms with Gasteiger partial charge in [0, 0.05) is 37.3 Å². The highest BCUT2D eigenvalue weighted by Gasteiger charge is 2.38. The fraction of sp³-hybridized carbons (Fsp3) is 0.300. The van der Waals surface area contributed by atoms with Crippen molar-refractivity contribution in [1.29, 1.82) is 0 Å². The molecule has 0 saturated carbocycles. The summed E-state index contributed by atoms with van der Waals surface area (Å²) in [6, 6.07) is 9.20. The molecule has 1 aliphatic rings. The first-order valence-electron chi connectivity index (χ1n) is 8.90. The van der Waals surface area contributed by atoms with Crippen LogP contribution in [0.1, 0.15) is 31.8 Å². The van der Waals surface area contributed by atoms with Crippen LogP contribution in [0.5, 0.6) is 0 Å². The maximum atomic E-state index is 13.0. The summed E-state index contributed by atoms with van der Waals surface area (Å²) < 4.78 is 78.0. The van der Waals surface area contributed by atoms with Crippen LogP contribution in [0, 0.1) is 0 Å². The van der Waals surface area contributed by atoms with Gasteiger partial charge in [-0.15, -0.1) is 0 Å². The Bertz CT molecular complexity index is 900. The fourth-order valence-corrected chi connectivity index (χ4v) is 3.14. The maximum Gasteiger partial charge on any atom is 0.416 e. The summed E-state index contributed by atoms with van der Waals surface area (Å²) in [5.74, 6) is -1.21. The Kier molecular flexibility index (Phi) is 5.78. The van der Waals surface area contributed by atoms with Crippen molar-refractivity contribution >= 4 is 11.8 Å². The third kappa shape index (κ3) is 4.74. The number of benzene rings is 2. The van der Waals surface area contributed by atoms with E-state index >= 15 is 0 Å². The van der Waals surface area contributed by atoms with E-state index < -0.39 is 35.0 Å². The van der Waals surface area contributed by atoms with Crippen molar-refractivity contribution in [2.75, 3.05) is 26.2 Å². The van der Waals surface area contributed by atoms with E-state index in [1.54, 1.807) is 30.3 Å².